The summed E-state index contributed by atoms with van der Waals surface area (Å²) < 4.78 is 31.0. The molecule has 0 spiro atoms. The van der Waals surface area contributed by atoms with Gasteiger partial charge in [0.05, 0.1) is 0 Å². The fourth-order valence-electron chi connectivity index (χ4n) is 2.34. The van der Waals surface area contributed by atoms with E-state index in [0.29, 0.717) is 13.0 Å². The molecule has 0 aliphatic carbocycles. The molecule has 1 saturated heterocycles. The summed E-state index contributed by atoms with van der Waals surface area (Å²) >= 11 is 0. The summed E-state index contributed by atoms with van der Waals surface area (Å²) in [6.07, 6.45) is 4.39. The zero-order valence-corrected chi connectivity index (χ0v) is 12.6. The standard InChI is InChI=1S/C13H20N2O5S/c16-13(17)11-5-6-12(20-11)21(18,19)14-7-4-10-15-8-2-1-3-9-15/h5-6,14H,1-4,7-10H2,(H,16,17). The number of aromatic carboxylic acids is 1. The van der Waals surface area contributed by atoms with Crippen molar-refractivity contribution in [2.75, 3.05) is 26.2 Å². The number of carboxylic acids is 1. The van der Waals surface area contributed by atoms with Crippen molar-refractivity contribution in [2.24, 2.45) is 0 Å². The Morgan fingerprint density at radius 3 is 2.62 bits per heavy atom. The van der Waals surface area contributed by atoms with E-state index in [1.807, 2.05) is 0 Å². The lowest BCUT2D eigenvalue weighted by Crippen LogP contribution is -2.33. The number of carboxylic acid groups (broad SMARTS) is 1. The molecule has 7 nitrogen and oxygen atoms in total. The van der Waals surface area contributed by atoms with Gasteiger partial charge in [-0.05, 0) is 51.0 Å². The van der Waals surface area contributed by atoms with E-state index >= 15 is 0 Å². The molecule has 0 bridgehead atoms. The van der Waals surface area contributed by atoms with E-state index in [0.717, 1.165) is 31.8 Å². The second kappa shape index (κ2) is 7.06. The molecule has 0 atom stereocenters. The Labute approximate surface area is 124 Å². The third kappa shape index (κ3) is 4.55. The Morgan fingerprint density at radius 1 is 1.29 bits per heavy atom. The fourth-order valence-corrected chi connectivity index (χ4v) is 3.34. The van der Waals surface area contributed by atoms with Crippen LogP contribution < -0.4 is 4.72 Å². The third-order valence-corrected chi connectivity index (χ3v) is 4.78. The highest BCUT2D eigenvalue weighted by Gasteiger charge is 2.20. The summed E-state index contributed by atoms with van der Waals surface area (Å²) in [5.74, 6) is -1.68. The predicted octanol–water partition coefficient (Wildman–Crippen LogP) is 1.13. The second-order valence-corrected chi connectivity index (χ2v) is 6.78. The van der Waals surface area contributed by atoms with Crippen molar-refractivity contribution in [1.29, 1.82) is 0 Å². The maximum Gasteiger partial charge on any atom is 0.371 e. The molecule has 1 aromatic rings. The van der Waals surface area contributed by atoms with Gasteiger partial charge in [0.2, 0.25) is 10.9 Å². The van der Waals surface area contributed by atoms with Crippen LogP contribution in [0.5, 0.6) is 0 Å². The lowest BCUT2D eigenvalue weighted by molar-refractivity contribution is 0.0656. The first-order valence-corrected chi connectivity index (χ1v) is 8.52. The van der Waals surface area contributed by atoms with Crippen LogP contribution in [0.3, 0.4) is 0 Å². The van der Waals surface area contributed by atoms with Gasteiger partial charge < -0.3 is 14.4 Å². The van der Waals surface area contributed by atoms with Gasteiger partial charge in [-0.1, -0.05) is 6.42 Å². The minimum atomic E-state index is -3.77. The van der Waals surface area contributed by atoms with E-state index in [2.05, 4.69) is 9.62 Å². The van der Waals surface area contributed by atoms with Crippen LogP contribution in [0.15, 0.2) is 21.6 Å². The van der Waals surface area contributed by atoms with Crippen LogP contribution in [-0.2, 0) is 10.0 Å². The number of nitrogens with zero attached hydrogens (tertiary/aromatic N) is 1. The van der Waals surface area contributed by atoms with Crippen molar-refractivity contribution in [3.8, 4) is 0 Å². The van der Waals surface area contributed by atoms with Gasteiger partial charge in [0.25, 0.3) is 10.0 Å². The van der Waals surface area contributed by atoms with Crippen molar-refractivity contribution in [1.82, 2.24) is 9.62 Å². The average Bonchev–Trinajstić information content (AvgIpc) is 2.96. The van der Waals surface area contributed by atoms with Crippen molar-refractivity contribution < 1.29 is 22.7 Å². The number of piperidine rings is 1. The molecular formula is C13H20N2O5S. The maximum atomic E-state index is 11.9. The van der Waals surface area contributed by atoms with Crippen LogP contribution in [0.25, 0.3) is 0 Å². The molecular weight excluding hydrogens is 296 g/mol. The summed E-state index contributed by atoms with van der Waals surface area (Å²) in [7, 11) is -3.77. The molecule has 2 N–H and O–H groups in total. The van der Waals surface area contributed by atoms with Gasteiger partial charge in [0, 0.05) is 6.54 Å². The molecule has 2 heterocycles. The van der Waals surface area contributed by atoms with E-state index in [1.54, 1.807) is 0 Å². The molecule has 21 heavy (non-hydrogen) atoms. The maximum absolute atomic E-state index is 11.9. The van der Waals surface area contributed by atoms with Crippen LogP contribution in [-0.4, -0.2) is 50.6 Å². The Morgan fingerprint density at radius 2 is 2.00 bits per heavy atom. The topological polar surface area (TPSA) is 99.8 Å². The fraction of sp³-hybridized carbons (Fsp3) is 0.615. The van der Waals surface area contributed by atoms with Crippen molar-refractivity contribution in [3.63, 3.8) is 0 Å². The van der Waals surface area contributed by atoms with Gasteiger partial charge in [-0.15, -0.1) is 0 Å². The summed E-state index contributed by atoms with van der Waals surface area (Å²) in [6.45, 7) is 3.32. The molecule has 0 aromatic carbocycles. The Bertz CT molecular complexity index is 575. The Hall–Kier alpha value is -1.38. The normalized spacial score (nSPS) is 17.0. The summed E-state index contributed by atoms with van der Waals surface area (Å²) in [5.41, 5.74) is 0. The number of furan rings is 1. The average molecular weight is 316 g/mol. The van der Waals surface area contributed by atoms with Crippen LogP contribution in [0.2, 0.25) is 0 Å². The first kappa shape index (κ1) is 16.0. The lowest BCUT2D eigenvalue weighted by Gasteiger charge is -2.26. The van der Waals surface area contributed by atoms with Gasteiger partial charge in [-0.3, -0.25) is 0 Å². The highest BCUT2D eigenvalue weighted by atomic mass is 32.2. The van der Waals surface area contributed by atoms with Crippen molar-refractivity contribution >= 4 is 16.0 Å². The molecule has 0 saturated carbocycles. The quantitative estimate of drug-likeness (QED) is 0.732. The van der Waals surface area contributed by atoms with Gasteiger partial charge >= 0.3 is 5.97 Å². The highest BCUT2D eigenvalue weighted by Crippen LogP contribution is 2.14. The van der Waals surface area contributed by atoms with Crippen molar-refractivity contribution in [2.45, 2.75) is 30.8 Å². The van der Waals surface area contributed by atoms with E-state index in [9.17, 15) is 13.2 Å². The molecule has 1 aromatic heterocycles. The number of hydrogen-bond donors (Lipinski definition) is 2. The van der Waals surface area contributed by atoms with E-state index in [-0.39, 0.29) is 10.9 Å². The zero-order chi connectivity index (χ0) is 15.3. The van der Waals surface area contributed by atoms with Crippen molar-refractivity contribution in [3.05, 3.63) is 17.9 Å². The van der Waals surface area contributed by atoms with Crippen LogP contribution in [0, 0.1) is 0 Å². The van der Waals surface area contributed by atoms with Crippen LogP contribution in [0.1, 0.15) is 36.2 Å². The van der Waals surface area contributed by atoms with E-state index < -0.39 is 16.0 Å². The molecule has 0 radical (unpaired) electrons. The lowest BCUT2D eigenvalue weighted by atomic mass is 10.1. The molecule has 1 aliphatic rings. The molecule has 1 aliphatic heterocycles. The SMILES string of the molecule is O=C(O)c1ccc(S(=O)(=O)NCCCN2CCCCC2)o1. The molecule has 1 fully saturated rings. The van der Waals surface area contributed by atoms with Crippen LogP contribution in [0.4, 0.5) is 0 Å². The number of carbonyl (C=O) groups is 1. The minimum Gasteiger partial charge on any atom is -0.475 e. The molecule has 0 amide bonds. The van der Waals surface area contributed by atoms with E-state index in [1.165, 1.54) is 19.3 Å². The zero-order valence-electron chi connectivity index (χ0n) is 11.7. The Kier molecular flexibility index (Phi) is 5.38. The summed E-state index contributed by atoms with van der Waals surface area (Å²) in [5, 5.41) is 8.34. The van der Waals surface area contributed by atoms with Crippen LogP contribution >= 0.6 is 0 Å². The Balaban J connectivity index is 1.79. The summed E-state index contributed by atoms with van der Waals surface area (Å²) in [4.78, 5) is 13.0. The third-order valence-electron chi connectivity index (χ3n) is 3.45. The number of hydrogen-bond acceptors (Lipinski definition) is 5. The predicted molar refractivity (Wildman–Crippen MR) is 75.8 cm³/mol. The largest absolute Gasteiger partial charge is 0.475 e. The number of likely N-dealkylation sites (tertiary alicyclic amines) is 1. The van der Waals surface area contributed by atoms with Gasteiger partial charge in [-0.2, -0.15) is 0 Å². The molecule has 2 rings (SSSR count). The first-order chi connectivity index (χ1) is 9.99. The second-order valence-electron chi connectivity index (χ2n) is 5.08. The number of nitrogens with one attached hydrogen (secondary N) is 1. The monoisotopic (exact) mass is 316 g/mol. The van der Waals surface area contributed by atoms with E-state index in [4.69, 9.17) is 9.52 Å². The number of sulfonamides is 1. The highest BCUT2D eigenvalue weighted by molar-refractivity contribution is 7.89. The molecule has 118 valence electrons. The summed E-state index contributed by atoms with van der Waals surface area (Å²) in [6, 6.07) is 2.28. The first-order valence-electron chi connectivity index (χ1n) is 7.04. The molecule has 8 heteroatoms. The molecule has 0 unspecified atom stereocenters. The minimum absolute atomic E-state index is 0.307. The smallest absolute Gasteiger partial charge is 0.371 e. The van der Waals surface area contributed by atoms with Gasteiger partial charge in [0.15, 0.2) is 0 Å². The van der Waals surface area contributed by atoms with Gasteiger partial charge in [-0.25, -0.2) is 17.9 Å². The van der Waals surface area contributed by atoms with Gasteiger partial charge in [0.1, 0.15) is 0 Å². The number of rotatable bonds is 7.